The van der Waals surface area contributed by atoms with Crippen molar-refractivity contribution < 1.29 is 28.4 Å². The second-order valence-corrected chi connectivity index (χ2v) is 12.3. The van der Waals surface area contributed by atoms with Crippen molar-refractivity contribution in [2.75, 3.05) is 19.7 Å². The van der Waals surface area contributed by atoms with Crippen molar-refractivity contribution in [1.29, 1.82) is 0 Å². The molecule has 3 unspecified atom stereocenters. The maximum Gasteiger partial charge on any atom is 0.331 e. The highest BCUT2D eigenvalue weighted by Gasteiger charge is 2.39. The van der Waals surface area contributed by atoms with Crippen molar-refractivity contribution in [3.05, 3.63) is 29.8 Å². The molecule has 0 aliphatic heterocycles. The van der Waals surface area contributed by atoms with Gasteiger partial charge in [-0.1, -0.05) is 30.0 Å². The number of amides is 3. The summed E-state index contributed by atoms with van der Waals surface area (Å²) in [5.41, 5.74) is 0.787. The maximum absolute atomic E-state index is 13.5. The van der Waals surface area contributed by atoms with E-state index in [9.17, 15) is 19.2 Å². The molecule has 0 saturated carbocycles. The quantitative estimate of drug-likeness (QED) is 0.132. The first-order valence-electron chi connectivity index (χ1n) is 12.6. The average molecular weight is 652 g/mol. The fourth-order valence-electron chi connectivity index (χ4n) is 3.56. The lowest BCUT2D eigenvalue weighted by molar-refractivity contribution is -0.139. The minimum atomic E-state index is -0.993. The van der Waals surface area contributed by atoms with E-state index in [0.29, 0.717) is 44.7 Å². The van der Waals surface area contributed by atoms with Crippen LogP contribution in [0.4, 0.5) is 0 Å². The Morgan fingerprint density at radius 3 is 2.30 bits per heavy atom. The highest BCUT2D eigenvalue weighted by molar-refractivity contribution is 8.44. The largest absolute Gasteiger partial charge is 0.492 e. The summed E-state index contributed by atoms with van der Waals surface area (Å²) in [7, 11) is 9.92. The predicted molar refractivity (Wildman–Crippen MR) is 171 cm³/mol. The average Bonchev–Trinajstić information content (AvgIpc) is 2.93. The Morgan fingerprint density at radius 2 is 1.75 bits per heavy atom. The number of rotatable bonds is 19. The molecule has 0 bridgehead atoms. The zero-order valence-electron chi connectivity index (χ0n) is 23.0. The predicted octanol–water partition coefficient (Wildman–Crippen LogP) is 2.59. The van der Waals surface area contributed by atoms with Gasteiger partial charge >= 0.3 is 5.97 Å². The molecule has 0 fully saturated rings. The fourth-order valence-corrected chi connectivity index (χ4v) is 4.80. The van der Waals surface area contributed by atoms with Crippen LogP contribution in [0.2, 0.25) is 0 Å². The highest BCUT2D eigenvalue weighted by Crippen LogP contribution is 2.34. The first-order valence-corrected chi connectivity index (χ1v) is 16.4. The summed E-state index contributed by atoms with van der Waals surface area (Å²) in [5.74, 6) is -1.03. The van der Waals surface area contributed by atoms with Crippen LogP contribution in [0, 0.1) is 0 Å². The normalized spacial score (nSPS) is 13.3. The molecular formula is C24H41N5O6P4S. The highest BCUT2D eigenvalue weighted by atomic mass is 32.7. The zero-order chi connectivity index (χ0) is 30.1. The molecule has 0 heterocycles. The number of nitrogens with one attached hydrogen (secondary N) is 4. The van der Waals surface area contributed by atoms with Crippen LogP contribution in [0.25, 0.3) is 0 Å². The minimum Gasteiger partial charge on any atom is -0.492 e. The molecule has 1 aromatic carbocycles. The second-order valence-electron chi connectivity index (χ2n) is 9.44. The van der Waals surface area contributed by atoms with Gasteiger partial charge in [0.05, 0.1) is 9.47 Å². The Hall–Kier alpha value is -1.40. The van der Waals surface area contributed by atoms with E-state index in [1.807, 2.05) is 35.4 Å². The lowest BCUT2D eigenvalue weighted by Gasteiger charge is -2.33. The standard InChI is InChI=1S/C24H41N5O6P4S/c1-15(30)25-11-5-4-6-18(29-37)21(31)28-20(24(2,3)40-39)22(32)27-19(23(33)35-38)14-16-7-9-17(10-8-16)34-13-12-26-36/h7-10,18-20,26,37H,4-6,11-14,36,38-39H2,1-3H3,(H,25,30)(H,27,32)(H,28,31)/t18-,19-,20+/m0/s1. The number of carbonyl (C=O) groups excluding carboxylic acids is 4. The molecule has 1 rings (SSSR count). The molecule has 0 aliphatic rings. The van der Waals surface area contributed by atoms with Crippen LogP contribution in [0.3, 0.4) is 0 Å². The number of nitrogens with zero attached hydrogens (tertiary/aromatic N) is 1. The van der Waals surface area contributed by atoms with Crippen LogP contribution in [0.5, 0.6) is 5.75 Å². The smallest absolute Gasteiger partial charge is 0.331 e. The molecule has 0 radical (unpaired) electrons. The number of ether oxygens (including phenoxy) is 1. The Kier molecular flexibility index (Phi) is 18.0. The molecule has 0 spiro atoms. The van der Waals surface area contributed by atoms with Gasteiger partial charge in [-0.25, -0.2) is 4.79 Å². The Labute approximate surface area is 249 Å². The van der Waals surface area contributed by atoms with Crippen LogP contribution in [0.1, 0.15) is 45.6 Å². The third-order valence-electron chi connectivity index (χ3n) is 5.88. The summed E-state index contributed by atoms with van der Waals surface area (Å²) < 4.78 is 13.7. The summed E-state index contributed by atoms with van der Waals surface area (Å²) in [6.07, 6.45) is 1.93. The number of carbonyl (C=O) groups is 4. The fraction of sp³-hybridized carbons (Fsp3) is 0.583. The van der Waals surface area contributed by atoms with Gasteiger partial charge in [0.15, 0.2) is 0 Å². The molecular weight excluding hydrogens is 610 g/mol. The van der Waals surface area contributed by atoms with Crippen LogP contribution in [0.15, 0.2) is 29.0 Å². The molecule has 0 aromatic heterocycles. The molecule has 6 atom stereocenters. The van der Waals surface area contributed by atoms with Crippen molar-refractivity contribution in [3.63, 3.8) is 0 Å². The third-order valence-corrected chi connectivity index (χ3v) is 9.38. The maximum atomic E-state index is 13.5. The van der Waals surface area contributed by atoms with E-state index >= 15 is 0 Å². The summed E-state index contributed by atoms with van der Waals surface area (Å²) >= 11 is 1.32. The molecule has 1 aromatic rings. The molecule has 224 valence electrons. The van der Waals surface area contributed by atoms with Gasteiger partial charge in [-0.05, 0) is 59.8 Å². The van der Waals surface area contributed by atoms with Gasteiger partial charge in [0, 0.05) is 31.2 Å². The van der Waals surface area contributed by atoms with Gasteiger partial charge in [0.25, 0.3) is 0 Å². The molecule has 40 heavy (non-hydrogen) atoms. The van der Waals surface area contributed by atoms with Gasteiger partial charge in [-0.15, -0.1) is 11.4 Å². The van der Waals surface area contributed by atoms with E-state index in [-0.39, 0.29) is 12.3 Å². The summed E-state index contributed by atoms with van der Waals surface area (Å²) in [5, 5.41) is 11.2. The first kappa shape index (κ1) is 36.6. The Bertz CT molecular complexity index is 989. The monoisotopic (exact) mass is 651 g/mol. The second kappa shape index (κ2) is 19.7. The number of unbranched alkanes of at least 4 members (excludes halogenated alkanes) is 1. The van der Waals surface area contributed by atoms with Crippen molar-refractivity contribution >= 4 is 71.4 Å². The molecule has 11 nitrogen and oxygen atoms in total. The number of benzene rings is 1. The van der Waals surface area contributed by atoms with Gasteiger partial charge in [-0.3, -0.25) is 24.2 Å². The number of hydrogen-bond donors (Lipinski definition) is 4. The molecule has 0 saturated heterocycles. The lowest BCUT2D eigenvalue weighted by atomic mass is 9.99. The van der Waals surface area contributed by atoms with Crippen molar-refractivity contribution in [2.24, 2.45) is 4.74 Å². The third kappa shape index (κ3) is 13.5. The van der Waals surface area contributed by atoms with E-state index < -0.39 is 40.7 Å². The van der Waals surface area contributed by atoms with Crippen LogP contribution >= 0.6 is 47.7 Å². The van der Waals surface area contributed by atoms with E-state index in [2.05, 4.69) is 52.6 Å². The van der Waals surface area contributed by atoms with Crippen LogP contribution < -0.4 is 25.8 Å². The van der Waals surface area contributed by atoms with Gasteiger partial charge in [0.1, 0.15) is 30.5 Å². The van der Waals surface area contributed by atoms with Crippen molar-refractivity contribution in [3.8, 4) is 5.75 Å². The van der Waals surface area contributed by atoms with E-state index in [0.717, 1.165) is 5.56 Å². The molecule has 4 N–H and O–H groups in total. The summed E-state index contributed by atoms with van der Waals surface area (Å²) in [4.78, 5) is 50.2. The van der Waals surface area contributed by atoms with Crippen LogP contribution in [-0.4, -0.2) is 66.3 Å². The van der Waals surface area contributed by atoms with Gasteiger partial charge in [-0.2, -0.15) is 0 Å². The SMILES string of the molecule is CC(=O)NCCCC[C@H](N=P)C(=O)N[C@H](C(=O)N[C@@H](Cc1ccc(OCCNP)cc1)C(=O)OP)C(C)(C)SP. The Morgan fingerprint density at radius 1 is 1.07 bits per heavy atom. The van der Waals surface area contributed by atoms with Gasteiger partial charge in [0.2, 0.25) is 17.7 Å². The first-order chi connectivity index (χ1) is 19.0. The van der Waals surface area contributed by atoms with E-state index in [1.54, 1.807) is 12.1 Å². The topological polar surface area (TPSA) is 147 Å². The molecule has 16 heteroatoms. The zero-order valence-corrected chi connectivity index (χ0v) is 28.3. The van der Waals surface area contributed by atoms with Crippen molar-refractivity contribution in [2.45, 2.75) is 69.3 Å². The minimum absolute atomic E-state index is 0.112. The van der Waals surface area contributed by atoms with Crippen LogP contribution in [-0.2, 0) is 30.1 Å². The van der Waals surface area contributed by atoms with Crippen molar-refractivity contribution in [1.82, 2.24) is 21.0 Å². The Balaban J connectivity index is 2.95. The molecule has 0 aliphatic carbocycles. The summed E-state index contributed by atoms with van der Waals surface area (Å²) in [6, 6.07) is 4.49. The number of hydrogen-bond acceptors (Lipinski definition) is 9. The van der Waals surface area contributed by atoms with E-state index in [1.165, 1.54) is 18.3 Å². The lowest BCUT2D eigenvalue weighted by Crippen LogP contribution is -2.60. The van der Waals surface area contributed by atoms with Gasteiger partial charge < -0.3 is 25.2 Å². The molecule has 3 amide bonds. The summed E-state index contributed by atoms with van der Waals surface area (Å²) in [6.45, 7) is 6.76. The van der Waals surface area contributed by atoms with E-state index in [4.69, 9.17) is 9.26 Å².